The second-order valence-corrected chi connectivity index (χ2v) is 6.24. The van der Waals surface area contributed by atoms with Gasteiger partial charge in [0.2, 0.25) is 5.91 Å². The van der Waals surface area contributed by atoms with E-state index in [1.807, 2.05) is 66.7 Å². The van der Waals surface area contributed by atoms with Crippen molar-refractivity contribution in [2.45, 2.75) is 19.5 Å². The minimum absolute atomic E-state index is 0.117. The standard InChI is InChI=1S/C21H18N2O2/c1-14(20(24)22-13-15-7-3-2-4-8-15)23-18-12-6-10-16-9-5-11-17(19(16)18)21(23)25/h2-12,14H,13H2,1H3,(H,22,24)/t14-/m1/s1. The highest BCUT2D eigenvalue weighted by atomic mass is 16.2. The molecule has 0 fully saturated rings. The van der Waals surface area contributed by atoms with Gasteiger partial charge in [0, 0.05) is 17.5 Å². The number of amides is 2. The average molecular weight is 330 g/mol. The lowest BCUT2D eigenvalue weighted by atomic mass is 10.1. The minimum Gasteiger partial charge on any atom is -0.350 e. The molecular formula is C21H18N2O2. The summed E-state index contributed by atoms with van der Waals surface area (Å²) in [6, 6.07) is 20.6. The lowest BCUT2D eigenvalue weighted by Gasteiger charge is -2.24. The number of carbonyl (C=O) groups is 2. The highest BCUT2D eigenvalue weighted by Gasteiger charge is 2.35. The molecule has 1 aliphatic rings. The SMILES string of the molecule is C[C@H](C(=O)NCc1ccccc1)N1C(=O)c2cccc3cccc1c23. The number of benzene rings is 3. The summed E-state index contributed by atoms with van der Waals surface area (Å²) >= 11 is 0. The van der Waals surface area contributed by atoms with Crippen molar-refractivity contribution in [1.29, 1.82) is 0 Å². The fourth-order valence-electron chi connectivity index (χ4n) is 3.37. The number of nitrogens with zero attached hydrogens (tertiary/aromatic N) is 1. The Balaban J connectivity index is 1.59. The van der Waals surface area contributed by atoms with Crippen LogP contribution in [0.25, 0.3) is 10.8 Å². The van der Waals surface area contributed by atoms with Crippen molar-refractivity contribution >= 4 is 28.3 Å². The van der Waals surface area contributed by atoms with Crippen LogP contribution in [0.3, 0.4) is 0 Å². The molecule has 1 atom stereocenters. The predicted octanol–water partition coefficient (Wildman–Crippen LogP) is 3.50. The zero-order valence-electron chi connectivity index (χ0n) is 13.9. The van der Waals surface area contributed by atoms with Crippen LogP contribution in [0.2, 0.25) is 0 Å². The van der Waals surface area contributed by atoms with Crippen molar-refractivity contribution in [1.82, 2.24) is 5.32 Å². The van der Waals surface area contributed by atoms with Gasteiger partial charge in [-0.2, -0.15) is 0 Å². The third kappa shape index (κ3) is 2.56. The second-order valence-electron chi connectivity index (χ2n) is 6.24. The Hall–Kier alpha value is -3.14. The summed E-state index contributed by atoms with van der Waals surface area (Å²) in [4.78, 5) is 27.1. The molecule has 25 heavy (non-hydrogen) atoms. The van der Waals surface area contributed by atoms with Crippen molar-refractivity contribution in [3.8, 4) is 0 Å². The Bertz CT molecular complexity index is 961. The van der Waals surface area contributed by atoms with Crippen molar-refractivity contribution in [3.63, 3.8) is 0 Å². The normalized spacial score (nSPS) is 14.0. The van der Waals surface area contributed by atoms with Gasteiger partial charge in [-0.15, -0.1) is 0 Å². The Morgan fingerprint density at radius 3 is 2.48 bits per heavy atom. The molecule has 0 spiro atoms. The minimum atomic E-state index is -0.575. The topological polar surface area (TPSA) is 49.4 Å². The molecule has 0 unspecified atom stereocenters. The zero-order valence-corrected chi connectivity index (χ0v) is 13.9. The van der Waals surface area contributed by atoms with Crippen LogP contribution >= 0.6 is 0 Å². The van der Waals surface area contributed by atoms with Gasteiger partial charge in [0.05, 0.1) is 5.69 Å². The summed E-state index contributed by atoms with van der Waals surface area (Å²) in [6.45, 7) is 2.21. The number of hydrogen-bond donors (Lipinski definition) is 1. The van der Waals surface area contributed by atoms with Crippen molar-refractivity contribution in [2.24, 2.45) is 0 Å². The van der Waals surface area contributed by atoms with E-state index in [0.29, 0.717) is 12.1 Å². The Morgan fingerprint density at radius 2 is 1.72 bits per heavy atom. The van der Waals surface area contributed by atoms with Crippen molar-refractivity contribution < 1.29 is 9.59 Å². The summed E-state index contributed by atoms with van der Waals surface area (Å²) in [6.07, 6.45) is 0. The Morgan fingerprint density at radius 1 is 1.00 bits per heavy atom. The maximum Gasteiger partial charge on any atom is 0.259 e. The van der Waals surface area contributed by atoms with Gasteiger partial charge in [-0.05, 0) is 30.0 Å². The number of carbonyl (C=O) groups excluding carboxylic acids is 2. The highest BCUT2D eigenvalue weighted by Crippen LogP contribution is 2.38. The molecule has 0 radical (unpaired) electrons. The maximum atomic E-state index is 12.8. The van der Waals surface area contributed by atoms with Gasteiger partial charge in [0.1, 0.15) is 6.04 Å². The molecule has 0 saturated heterocycles. The van der Waals surface area contributed by atoms with Crippen LogP contribution in [0, 0.1) is 0 Å². The summed E-state index contributed by atoms with van der Waals surface area (Å²) in [5.74, 6) is -0.281. The van der Waals surface area contributed by atoms with E-state index in [1.165, 1.54) is 0 Å². The molecule has 0 aliphatic carbocycles. The molecule has 1 heterocycles. The van der Waals surface area contributed by atoms with Crippen molar-refractivity contribution in [2.75, 3.05) is 4.90 Å². The van der Waals surface area contributed by atoms with Crippen LogP contribution in [0.1, 0.15) is 22.8 Å². The molecule has 3 aromatic carbocycles. The van der Waals surface area contributed by atoms with E-state index < -0.39 is 6.04 Å². The Labute approximate surface area is 146 Å². The first-order valence-electron chi connectivity index (χ1n) is 8.34. The number of hydrogen-bond acceptors (Lipinski definition) is 2. The molecule has 1 N–H and O–H groups in total. The zero-order chi connectivity index (χ0) is 17.4. The smallest absolute Gasteiger partial charge is 0.259 e. The van der Waals surface area contributed by atoms with Gasteiger partial charge in [0.15, 0.2) is 0 Å². The fourth-order valence-corrected chi connectivity index (χ4v) is 3.37. The van der Waals surface area contributed by atoms with Crippen LogP contribution < -0.4 is 10.2 Å². The molecule has 3 aromatic rings. The van der Waals surface area contributed by atoms with Gasteiger partial charge in [0.25, 0.3) is 5.91 Å². The summed E-state index contributed by atoms with van der Waals surface area (Å²) in [5.41, 5.74) is 2.50. The van der Waals surface area contributed by atoms with E-state index >= 15 is 0 Å². The maximum absolute atomic E-state index is 12.8. The van der Waals surface area contributed by atoms with Gasteiger partial charge >= 0.3 is 0 Å². The molecule has 0 saturated carbocycles. The summed E-state index contributed by atoms with van der Waals surface area (Å²) in [5, 5.41) is 4.87. The first kappa shape index (κ1) is 15.4. The van der Waals surface area contributed by atoms with E-state index in [4.69, 9.17) is 0 Å². The quantitative estimate of drug-likeness (QED) is 0.796. The molecule has 1 aliphatic heterocycles. The molecule has 4 nitrogen and oxygen atoms in total. The molecule has 0 aromatic heterocycles. The first-order chi connectivity index (χ1) is 12.2. The molecule has 4 heteroatoms. The lowest BCUT2D eigenvalue weighted by molar-refractivity contribution is -0.122. The van der Waals surface area contributed by atoms with E-state index in [2.05, 4.69) is 5.32 Å². The summed E-state index contributed by atoms with van der Waals surface area (Å²) < 4.78 is 0. The first-order valence-corrected chi connectivity index (χ1v) is 8.34. The van der Waals surface area contributed by atoms with Crippen LogP contribution in [-0.2, 0) is 11.3 Å². The molecule has 124 valence electrons. The third-order valence-electron chi connectivity index (χ3n) is 4.67. The monoisotopic (exact) mass is 330 g/mol. The predicted molar refractivity (Wildman–Crippen MR) is 98.5 cm³/mol. The fraction of sp³-hybridized carbons (Fsp3) is 0.143. The average Bonchev–Trinajstić information content (AvgIpc) is 2.94. The van der Waals surface area contributed by atoms with E-state index in [9.17, 15) is 9.59 Å². The van der Waals surface area contributed by atoms with E-state index in [0.717, 1.165) is 22.0 Å². The van der Waals surface area contributed by atoms with E-state index in [-0.39, 0.29) is 11.8 Å². The van der Waals surface area contributed by atoms with Gasteiger partial charge in [-0.25, -0.2) is 0 Å². The van der Waals surface area contributed by atoms with Crippen LogP contribution in [-0.4, -0.2) is 17.9 Å². The molecule has 2 amide bonds. The number of nitrogens with one attached hydrogen (secondary N) is 1. The largest absolute Gasteiger partial charge is 0.350 e. The van der Waals surface area contributed by atoms with Crippen LogP contribution in [0.15, 0.2) is 66.7 Å². The third-order valence-corrected chi connectivity index (χ3v) is 4.67. The molecule has 4 rings (SSSR count). The number of anilines is 1. The van der Waals surface area contributed by atoms with Crippen LogP contribution in [0.5, 0.6) is 0 Å². The van der Waals surface area contributed by atoms with Crippen molar-refractivity contribution in [3.05, 3.63) is 77.9 Å². The molecule has 0 bridgehead atoms. The Kier molecular flexibility index (Phi) is 3.73. The lowest BCUT2D eigenvalue weighted by Crippen LogP contribution is -2.46. The van der Waals surface area contributed by atoms with Gasteiger partial charge in [-0.1, -0.05) is 54.6 Å². The molecular weight excluding hydrogens is 312 g/mol. The van der Waals surface area contributed by atoms with Gasteiger partial charge in [-0.3, -0.25) is 14.5 Å². The van der Waals surface area contributed by atoms with E-state index in [1.54, 1.807) is 11.8 Å². The second kappa shape index (κ2) is 6.06. The number of rotatable bonds is 4. The van der Waals surface area contributed by atoms with Crippen LogP contribution in [0.4, 0.5) is 5.69 Å². The van der Waals surface area contributed by atoms with Gasteiger partial charge < -0.3 is 5.32 Å². The highest BCUT2D eigenvalue weighted by molar-refractivity contribution is 6.26. The summed E-state index contributed by atoms with van der Waals surface area (Å²) in [7, 11) is 0.